The standard InChI is InChI=1S/C20H24N6O3S/c1-14-3-4-15(11-16(14)17-12-22-19-18(21)23-13-24-26(17)19)30(27,28)25-8-2-5-20(25)6-9-29-10-7-20/h3-4,11-13H,2,5-10H2,1H3,(H2,21,23,24). The van der Waals surface area contributed by atoms with Gasteiger partial charge in [0.05, 0.1) is 16.8 Å². The van der Waals surface area contributed by atoms with Crippen molar-refractivity contribution in [2.45, 2.75) is 43.0 Å². The lowest BCUT2D eigenvalue weighted by atomic mass is 9.89. The van der Waals surface area contributed by atoms with Crippen LogP contribution in [0.15, 0.2) is 35.6 Å². The maximum absolute atomic E-state index is 13.7. The number of nitrogens with zero attached hydrogens (tertiary/aromatic N) is 5. The third-order valence-electron chi connectivity index (χ3n) is 6.36. The molecule has 158 valence electrons. The maximum Gasteiger partial charge on any atom is 0.243 e. The third kappa shape index (κ3) is 2.90. The normalized spacial score (nSPS) is 19.6. The van der Waals surface area contributed by atoms with Gasteiger partial charge in [-0.1, -0.05) is 6.07 Å². The van der Waals surface area contributed by atoms with Gasteiger partial charge in [-0.2, -0.15) is 9.40 Å². The number of benzene rings is 1. The zero-order valence-electron chi connectivity index (χ0n) is 16.8. The van der Waals surface area contributed by atoms with Crippen LogP contribution in [0.4, 0.5) is 5.82 Å². The van der Waals surface area contributed by atoms with E-state index in [4.69, 9.17) is 10.5 Å². The fraction of sp³-hybridized carbons (Fsp3) is 0.450. The zero-order chi connectivity index (χ0) is 20.9. The number of nitrogens with two attached hydrogens (primary N) is 1. The quantitative estimate of drug-likeness (QED) is 0.678. The molecule has 5 rings (SSSR count). The second-order valence-electron chi connectivity index (χ2n) is 8.02. The summed E-state index contributed by atoms with van der Waals surface area (Å²) in [7, 11) is -3.65. The number of aromatic nitrogens is 4. The lowest BCUT2D eigenvalue weighted by Crippen LogP contribution is -2.50. The van der Waals surface area contributed by atoms with E-state index in [0.717, 1.165) is 36.8 Å². The first-order valence-electron chi connectivity index (χ1n) is 10.1. The number of rotatable bonds is 3. The minimum atomic E-state index is -3.65. The molecule has 0 amide bonds. The van der Waals surface area contributed by atoms with Crippen molar-refractivity contribution >= 4 is 21.5 Å². The van der Waals surface area contributed by atoms with Crippen LogP contribution in [-0.2, 0) is 14.8 Å². The number of sulfonamides is 1. The molecule has 10 heteroatoms. The highest BCUT2D eigenvalue weighted by molar-refractivity contribution is 7.89. The maximum atomic E-state index is 13.7. The molecule has 4 heterocycles. The van der Waals surface area contributed by atoms with E-state index in [-0.39, 0.29) is 16.3 Å². The van der Waals surface area contributed by atoms with E-state index >= 15 is 0 Å². The molecule has 2 aliphatic heterocycles. The van der Waals surface area contributed by atoms with Gasteiger partial charge in [-0.25, -0.2) is 22.9 Å². The molecule has 0 saturated carbocycles. The van der Waals surface area contributed by atoms with Crippen LogP contribution in [0.25, 0.3) is 16.9 Å². The van der Waals surface area contributed by atoms with E-state index in [1.807, 2.05) is 13.0 Å². The van der Waals surface area contributed by atoms with Crippen molar-refractivity contribution in [1.29, 1.82) is 0 Å². The number of aryl methyl sites for hydroxylation is 1. The minimum Gasteiger partial charge on any atom is -0.381 e. The number of hydrogen-bond donors (Lipinski definition) is 1. The average Bonchev–Trinajstić information content (AvgIpc) is 3.34. The molecule has 0 radical (unpaired) electrons. The van der Waals surface area contributed by atoms with Gasteiger partial charge in [0, 0.05) is 30.9 Å². The second kappa shape index (κ2) is 7.00. The van der Waals surface area contributed by atoms with Crippen LogP contribution in [0.1, 0.15) is 31.2 Å². The highest BCUT2D eigenvalue weighted by Gasteiger charge is 2.48. The molecule has 3 aromatic rings. The van der Waals surface area contributed by atoms with E-state index in [0.29, 0.717) is 31.1 Å². The van der Waals surface area contributed by atoms with E-state index in [1.54, 1.807) is 27.2 Å². The van der Waals surface area contributed by atoms with Crippen molar-refractivity contribution in [1.82, 2.24) is 23.9 Å². The van der Waals surface area contributed by atoms with Gasteiger partial charge in [0.1, 0.15) is 6.33 Å². The summed E-state index contributed by atoms with van der Waals surface area (Å²) in [4.78, 5) is 8.56. The summed E-state index contributed by atoms with van der Waals surface area (Å²) in [6.07, 6.45) is 6.26. The Kier molecular flexibility index (Phi) is 4.53. The van der Waals surface area contributed by atoms with Crippen LogP contribution in [0.2, 0.25) is 0 Å². The molecule has 0 atom stereocenters. The summed E-state index contributed by atoms with van der Waals surface area (Å²) in [5, 5.41) is 4.25. The lowest BCUT2D eigenvalue weighted by molar-refractivity contribution is 0.0202. The number of imidazole rings is 1. The Morgan fingerprint density at radius 2 is 1.97 bits per heavy atom. The molecule has 1 aromatic carbocycles. The van der Waals surface area contributed by atoms with Crippen LogP contribution < -0.4 is 5.73 Å². The second-order valence-corrected chi connectivity index (χ2v) is 9.88. The molecule has 2 fully saturated rings. The number of nitrogen functional groups attached to an aromatic ring is 1. The molecule has 0 bridgehead atoms. The molecule has 0 unspecified atom stereocenters. The van der Waals surface area contributed by atoms with E-state index in [1.165, 1.54) is 6.33 Å². The monoisotopic (exact) mass is 428 g/mol. The van der Waals surface area contributed by atoms with Crippen molar-refractivity contribution in [2.75, 3.05) is 25.5 Å². The van der Waals surface area contributed by atoms with Crippen molar-refractivity contribution < 1.29 is 13.2 Å². The Morgan fingerprint density at radius 1 is 1.17 bits per heavy atom. The number of anilines is 1. The van der Waals surface area contributed by atoms with E-state index < -0.39 is 10.0 Å². The summed E-state index contributed by atoms with van der Waals surface area (Å²) in [6.45, 7) is 3.69. The van der Waals surface area contributed by atoms with Gasteiger partial charge < -0.3 is 10.5 Å². The van der Waals surface area contributed by atoms with Crippen molar-refractivity contribution in [2.24, 2.45) is 0 Å². The molecule has 9 nitrogen and oxygen atoms in total. The molecule has 0 aliphatic carbocycles. The Balaban J connectivity index is 1.60. The molecule has 2 aromatic heterocycles. The lowest BCUT2D eigenvalue weighted by Gasteiger charge is -2.40. The topological polar surface area (TPSA) is 116 Å². The summed E-state index contributed by atoms with van der Waals surface area (Å²) >= 11 is 0. The fourth-order valence-corrected chi connectivity index (χ4v) is 6.64. The number of hydrogen-bond acceptors (Lipinski definition) is 7. The molecule has 2 aliphatic rings. The first kappa shape index (κ1) is 19.4. The predicted octanol–water partition coefficient (Wildman–Crippen LogP) is 2.02. The molecular formula is C20H24N6O3S. The summed E-state index contributed by atoms with van der Waals surface area (Å²) < 4.78 is 36.2. The van der Waals surface area contributed by atoms with Crippen LogP contribution in [0.3, 0.4) is 0 Å². The third-order valence-corrected chi connectivity index (χ3v) is 8.36. The zero-order valence-corrected chi connectivity index (χ0v) is 17.6. The van der Waals surface area contributed by atoms with E-state index in [9.17, 15) is 8.42 Å². The SMILES string of the molecule is Cc1ccc(S(=O)(=O)N2CCCC23CCOCC3)cc1-c1cnc2c(N)ncnn12. The average molecular weight is 429 g/mol. The molecule has 2 N–H and O–H groups in total. The van der Waals surface area contributed by atoms with Gasteiger partial charge in [0.15, 0.2) is 11.5 Å². The molecular weight excluding hydrogens is 404 g/mol. The Bertz CT molecular complexity index is 1220. The number of ether oxygens (including phenoxy) is 1. The summed E-state index contributed by atoms with van der Waals surface area (Å²) in [5.41, 5.74) is 8.37. The highest BCUT2D eigenvalue weighted by atomic mass is 32.2. The van der Waals surface area contributed by atoms with Gasteiger partial charge in [0.2, 0.25) is 10.0 Å². The highest BCUT2D eigenvalue weighted by Crippen LogP contribution is 2.42. The van der Waals surface area contributed by atoms with Crippen molar-refractivity contribution in [3.8, 4) is 11.3 Å². The van der Waals surface area contributed by atoms with Crippen LogP contribution in [0.5, 0.6) is 0 Å². The Morgan fingerprint density at radius 3 is 2.77 bits per heavy atom. The van der Waals surface area contributed by atoms with Gasteiger partial charge in [-0.3, -0.25) is 0 Å². The summed E-state index contributed by atoms with van der Waals surface area (Å²) in [6, 6.07) is 5.24. The van der Waals surface area contributed by atoms with Crippen molar-refractivity contribution in [3.05, 3.63) is 36.3 Å². The van der Waals surface area contributed by atoms with Gasteiger partial charge in [0.25, 0.3) is 0 Å². The predicted molar refractivity (Wildman–Crippen MR) is 111 cm³/mol. The Hall–Kier alpha value is -2.56. The van der Waals surface area contributed by atoms with Gasteiger partial charge >= 0.3 is 0 Å². The first-order valence-corrected chi connectivity index (χ1v) is 11.5. The van der Waals surface area contributed by atoms with Crippen LogP contribution in [-0.4, -0.2) is 57.6 Å². The van der Waals surface area contributed by atoms with Crippen LogP contribution in [0, 0.1) is 6.92 Å². The number of fused-ring (bicyclic) bond motifs is 1. The van der Waals surface area contributed by atoms with Crippen molar-refractivity contribution in [3.63, 3.8) is 0 Å². The molecule has 30 heavy (non-hydrogen) atoms. The summed E-state index contributed by atoms with van der Waals surface area (Å²) in [5.74, 6) is 0.274. The molecule has 2 saturated heterocycles. The first-order chi connectivity index (χ1) is 14.4. The van der Waals surface area contributed by atoms with Gasteiger partial charge in [-0.15, -0.1) is 0 Å². The van der Waals surface area contributed by atoms with E-state index in [2.05, 4.69) is 15.1 Å². The van der Waals surface area contributed by atoms with Gasteiger partial charge in [-0.05, 0) is 50.3 Å². The minimum absolute atomic E-state index is 0.274. The smallest absolute Gasteiger partial charge is 0.243 e. The van der Waals surface area contributed by atoms with Crippen LogP contribution >= 0.6 is 0 Å². The molecule has 1 spiro atoms. The fourth-order valence-electron chi connectivity index (χ4n) is 4.72. The Labute approximate surface area is 174 Å². The largest absolute Gasteiger partial charge is 0.381 e.